The van der Waals surface area contributed by atoms with Crippen LogP contribution in [0.3, 0.4) is 0 Å². The molecule has 2 aromatic rings. The number of aliphatic hydroxyl groups is 1. The van der Waals surface area contributed by atoms with Gasteiger partial charge in [-0.25, -0.2) is 4.39 Å². The Hall–Kier alpha value is -1.89. The van der Waals surface area contributed by atoms with Crippen molar-refractivity contribution < 1.29 is 19.2 Å². The van der Waals surface area contributed by atoms with Gasteiger partial charge in [-0.15, -0.1) is 0 Å². The molecule has 0 aliphatic rings. The summed E-state index contributed by atoms with van der Waals surface area (Å²) in [5.74, 6) is -1.08. The van der Waals surface area contributed by atoms with Crippen LogP contribution in [0.4, 0.5) is 10.1 Å². The molecule has 0 bridgehead atoms. The number of nitro benzene ring substituents is 1. The molecule has 0 aliphatic carbocycles. The SMILES string of the molecule is O=[N+]([O-])c1cc(Cl)c(Oc2c(F)cccc2CO)c(Cl)c1. The molecule has 0 radical (unpaired) electrons. The highest BCUT2D eigenvalue weighted by molar-refractivity contribution is 6.37. The maximum absolute atomic E-state index is 13.8. The first kappa shape index (κ1) is 15.5. The molecule has 0 heterocycles. The van der Waals surface area contributed by atoms with E-state index in [1.807, 2.05) is 0 Å². The highest BCUT2D eigenvalue weighted by atomic mass is 35.5. The summed E-state index contributed by atoms with van der Waals surface area (Å²) >= 11 is 11.8. The number of ether oxygens (including phenoxy) is 1. The van der Waals surface area contributed by atoms with Crippen LogP contribution < -0.4 is 4.74 Å². The zero-order valence-electron chi connectivity index (χ0n) is 10.3. The van der Waals surface area contributed by atoms with Gasteiger partial charge in [-0.3, -0.25) is 10.1 Å². The van der Waals surface area contributed by atoms with Crippen LogP contribution in [0.2, 0.25) is 10.0 Å². The van der Waals surface area contributed by atoms with Gasteiger partial charge in [0.15, 0.2) is 17.3 Å². The van der Waals surface area contributed by atoms with E-state index in [2.05, 4.69) is 0 Å². The topological polar surface area (TPSA) is 72.6 Å². The minimum atomic E-state index is -0.716. The Kier molecular flexibility index (Phi) is 4.62. The lowest BCUT2D eigenvalue weighted by molar-refractivity contribution is -0.384. The first-order valence-electron chi connectivity index (χ1n) is 5.63. The summed E-state index contributed by atoms with van der Waals surface area (Å²) in [7, 11) is 0. The van der Waals surface area contributed by atoms with Gasteiger partial charge in [0, 0.05) is 17.7 Å². The van der Waals surface area contributed by atoms with Crippen molar-refractivity contribution in [3.05, 3.63) is 61.9 Å². The fourth-order valence-corrected chi connectivity index (χ4v) is 2.20. The number of nitrogens with zero attached hydrogens (tertiary/aromatic N) is 1. The third-order valence-corrected chi connectivity index (χ3v) is 3.18. The van der Waals surface area contributed by atoms with Crippen molar-refractivity contribution in [3.8, 4) is 11.5 Å². The number of hydrogen-bond donors (Lipinski definition) is 1. The van der Waals surface area contributed by atoms with Crippen LogP contribution in [0.1, 0.15) is 5.56 Å². The molecule has 0 saturated carbocycles. The van der Waals surface area contributed by atoms with Gasteiger partial charge in [-0.2, -0.15) is 0 Å². The Morgan fingerprint density at radius 2 is 1.86 bits per heavy atom. The number of aliphatic hydroxyl groups excluding tert-OH is 1. The Morgan fingerprint density at radius 1 is 1.24 bits per heavy atom. The van der Waals surface area contributed by atoms with E-state index in [1.165, 1.54) is 12.1 Å². The van der Waals surface area contributed by atoms with Gasteiger partial charge < -0.3 is 9.84 Å². The number of halogens is 3. The Bertz CT molecular complexity index is 686. The maximum Gasteiger partial charge on any atom is 0.272 e. The number of benzene rings is 2. The first-order chi connectivity index (χ1) is 9.93. The fourth-order valence-electron chi connectivity index (χ4n) is 1.64. The summed E-state index contributed by atoms with van der Waals surface area (Å²) in [5.41, 5.74) is -0.117. The zero-order chi connectivity index (χ0) is 15.6. The first-order valence-corrected chi connectivity index (χ1v) is 6.39. The molecule has 21 heavy (non-hydrogen) atoms. The van der Waals surface area contributed by atoms with Crippen LogP contribution in [0.15, 0.2) is 30.3 Å². The second-order valence-electron chi connectivity index (χ2n) is 3.98. The lowest BCUT2D eigenvalue weighted by atomic mass is 10.2. The minimum absolute atomic E-state index is 0.122. The van der Waals surface area contributed by atoms with Crippen LogP contribution in [0.5, 0.6) is 11.5 Å². The summed E-state index contributed by atoms with van der Waals surface area (Å²) in [6.45, 7) is -0.449. The lowest BCUT2D eigenvalue weighted by Crippen LogP contribution is -1.97. The second kappa shape index (κ2) is 6.26. The van der Waals surface area contributed by atoms with E-state index in [-0.39, 0.29) is 32.8 Å². The third kappa shape index (κ3) is 3.24. The van der Waals surface area contributed by atoms with Gasteiger partial charge in [-0.05, 0) is 6.07 Å². The molecule has 2 rings (SSSR count). The molecule has 0 spiro atoms. The van der Waals surface area contributed by atoms with Crippen LogP contribution in [-0.2, 0) is 6.61 Å². The van der Waals surface area contributed by atoms with Crippen molar-refractivity contribution in [1.82, 2.24) is 0 Å². The van der Waals surface area contributed by atoms with E-state index in [0.29, 0.717) is 0 Å². The van der Waals surface area contributed by atoms with Gasteiger partial charge >= 0.3 is 0 Å². The van der Waals surface area contributed by atoms with Crippen molar-refractivity contribution in [2.75, 3.05) is 0 Å². The molecule has 0 atom stereocenters. The Balaban J connectivity index is 2.48. The van der Waals surface area contributed by atoms with Crippen molar-refractivity contribution in [3.63, 3.8) is 0 Å². The van der Waals surface area contributed by atoms with Crippen LogP contribution in [-0.4, -0.2) is 10.0 Å². The van der Waals surface area contributed by atoms with Crippen molar-refractivity contribution in [2.45, 2.75) is 6.61 Å². The van der Waals surface area contributed by atoms with E-state index in [4.69, 9.17) is 27.9 Å². The van der Waals surface area contributed by atoms with Crippen molar-refractivity contribution in [2.24, 2.45) is 0 Å². The molecule has 0 fully saturated rings. The maximum atomic E-state index is 13.8. The van der Waals surface area contributed by atoms with E-state index in [1.54, 1.807) is 0 Å². The Morgan fingerprint density at radius 3 is 2.38 bits per heavy atom. The summed E-state index contributed by atoms with van der Waals surface area (Å²) in [6.07, 6.45) is 0. The molecule has 8 heteroatoms. The zero-order valence-corrected chi connectivity index (χ0v) is 11.9. The predicted molar refractivity (Wildman–Crippen MR) is 75.5 cm³/mol. The Labute approximate surface area is 128 Å². The monoisotopic (exact) mass is 331 g/mol. The molecule has 0 amide bonds. The average Bonchev–Trinajstić information content (AvgIpc) is 2.43. The van der Waals surface area contributed by atoms with Gasteiger partial charge in [0.25, 0.3) is 5.69 Å². The smallest absolute Gasteiger partial charge is 0.272 e. The number of non-ortho nitro benzene ring substituents is 1. The molecule has 0 aromatic heterocycles. The normalized spacial score (nSPS) is 10.5. The summed E-state index contributed by atoms with van der Waals surface area (Å²) in [6, 6.07) is 6.10. The fraction of sp³-hybridized carbons (Fsp3) is 0.0769. The largest absolute Gasteiger partial charge is 0.451 e. The van der Waals surface area contributed by atoms with Crippen molar-refractivity contribution in [1.29, 1.82) is 0 Å². The standard InChI is InChI=1S/C13H8Cl2FNO4/c14-9-4-8(17(19)20)5-10(15)13(9)21-12-7(6-18)2-1-3-11(12)16/h1-5,18H,6H2. The van der Waals surface area contributed by atoms with Crippen LogP contribution in [0.25, 0.3) is 0 Å². The lowest BCUT2D eigenvalue weighted by Gasteiger charge is -2.13. The third-order valence-electron chi connectivity index (χ3n) is 2.62. The summed E-state index contributed by atoms with van der Waals surface area (Å²) in [5, 5.41) is 19.6. The quantitative estimate of drug-likeness (QED) is 0.668. The number of hydrogen-bond acceptors (Lipinski definition) is 4. The predicted octanol–water partition coefficient (Wildman–Crippen LogP) is 4.33. The average molecular weight is 332 g/mol. The number of para-hydroxylation sites is 1. The van der Waals surface area contributed by atoms with E-state index >= 15 is 0 Å². The van der Waals surface area contributed by atoms with E-state index in [9.17, 15) is 19.6 Å². The van der Waals surface area contributed by atoms with E-state index < -0.39 is 17.3 Å². The van der Waals surface area contributed by atoms with E-state index in [0.717, 1.165) is 18.2 Å². The summed E-state index contributed by atoms with van der Waals surface area (Å²) < 4.78 is 19.1. The molecule has 0 aliphatic heterocycles. The molecule has 0 unspecified atom stereocenters. The van der Waals surface area contributed by atoms with Crippen LogP contribution in [0, 0.1) is 15.9 Å². The highest BCUT2D eigenvalue weighted by Gasteiger charge is 2.19. The highest BCUT2D eigenvalue weighted by Crippen LogP contribution is 2.40. The molecule has 0 saturated heterocycles. The minimum Gasteiger partial charge on any atom is -0.451 e. The second-order valence-corrected chi connectivity index (χ2v) is 4.80. The molecular weight excluding hydrogens is 324 g/mol. The van der Waals surface area contributed by atoms with Gasteiger partial charge in [0.2, 0.25) is 0 Å². The summed E-state index contributed by atoms with van der Waals surface area (Å²) in [4.78, 5) is 10.0. The van der Waals surface area contributed by atoms with Crippen LogP contribution >= 0.6 is 23.2 Å². The molecular formula is C13H8Cl2FNO4. The van der Waals surface area contributed by atoms with Gasteiger partial charge in [-0.1, -0.05) is 35.3 Å². The molecule has 5 nitrogen and oxygen atoms in total. The molecule has 110 valence electrons. The number of nitro groups is 1. The van der Waals surface area contributed by atoms with Gasteiger partial charge in [0.05, 0.1) is 21.6 Å². The molecule has 2 aromatic carbocycles. The van der Waals surface area contributed by atoms with Gasteiger partial charge in [0.1, 0.15) is 0 Å². The molecule has 1 N–H and O–H groups in total. The number of rotatable bonds is 4. The van der Waals surface area contributed by atoms with Crippen molar-refractivity contribution >= 4 is 28.9 Å².